The van der Waals surface area contributed by atoms with Gasteiger partial charge in [-0.2, -0.15) is 0 Å². The van der Waals surface area contributed by atoms with Crippen molar-refractivity contribution < 1.29 is 24.9 Å². The van der Waals surface area contributed by atoms with Gasteiger partial charge in [0.15, 0.2) is 5.60 Å². The van der Waals surface area contributed by atoms with Gasteiger partial charge in [0, 0.05) is 19.6 Å². The Morgan fingerprint density at radius 2 is 2.18 bits per heavy atom. The van der Waals surface area contributed by atoms with Crippen molar-refractivity contribution in [2.45, 2.75) is 38.1 Å². The minimum absolute atomic E-state index is 0.0195. The normalized spacial score (nSPS) is 28.6. The molecule has 1 aliphatic heterocycles. The second-order valence-electron chi connectivity index (χ2n) is 5.43. The highest BCUT2D eigenvalue weighted by atomic mass is 16.5. The zero-order valence-corrected chi connectivity index (χ0v) is 10.5. The number of aliphatic carboxylic acids is 1. The fourth-order valence-electron chi connectivity index (χ4n) is 2.14. The zero-order valence-electron chi connectivity index (χ0n) is 10.5. The van der Waals surface area contributed by atoms with E-state index < -0.39 is 17.2 Å². The van der Waals surface area contributed by atoms with Crippen LogP contribution < -0.4 is 0 Å². The van der Waals surface area contributed by atoms with Crippen LogP contribution in [0, 0.1) is 0 Å². The molecule has 0 aromatic heterocycles. The van der Waals surface area contributed by atoms with E-state index in [1.807, 2.05) is 13.8 Å². The van der Waals surface area contributed by atoms with E-state index in [0.717, 1.165) is 0 Å². The summed E-state index contributed by atoms with van der Waals surface area (Å²) in [6.07, 6.45) is -0.344. The molecule has 1 aliphatic rings. The van der Waals surface area contributed by atoms with Crippen LogP contribution in [0.3, 0.4) is 0 Å². The molecule has 0 aromatic rings. The summed E-state index contributed by atoms with van der Waals surface area (Å²) in [5.41, 5.74) is -2.24. The van der Waals surface area contributed by atoms with Gasteiger partial charge < -0.3 is 20.1 Å². The van der Waals surface area contributed by atoms with Crippen LogP contribution in [0.2, 0.25) is 0 Å². The summed E-state index contributed by atoms with van der Waals surface area (Å²) in [7, 11) is 0. The van der Waals surface area contributed by atoms with E-state index in [1.165, 1.54) is 6.92 Å². The predicted molar refractivity (Wildman–Crippen MR) is 60.7 cm³/mol. The van der Waals surface area contributed by atoms with Crippen molar-refractivity contribution in [3.63, 3.8) is 0 Å². The molecule has 1 heterocycles. The molecular weight excluding hydrogens is 226 g/mol. The number of carbonyl (C=O) groups is 1. The summed E-state index contributed by atoms with van der Waals surface area (Å²) in [6, 6.07) is 0. The molecule has 0 spiro atoms. The van der Waals surface area contributed by atoms with Crippen LogP contribution in [0.5, 0.6) is 0 Å². The van der Waals surface area contributed by atoms with Crippen molar-refractivity contribution in [3.8, 4) is 0 Å². The molecule has 6 heteroatoms. The maximum atomic E-state index is 10.8. The monoisotopic (exact) mass is 247 g/mol. The first-order valence-electron chi connectivity index (χ1n) is 5.63. The van der Waals surface area contributed by atoms with Crippen molar-refractivity contribution in [2.75, 3.05) is 26.2 Å². The minimum Gasteiger partial charge on any atom is -0.479 e. The van der Waals surface area contributed by atoms with Crippen molar-refractivity contribution in [1.29, 1.82) is 0 Å². The molecule has 6 nitrogen and oxygen atoms in total. The van der Waals surface area contributed by atoms with Gasteiger partial charge in [0.2, 0.25) is 0 Å². The second-order valence-corrected chi connectivity index (χ2v) is 5.43. The first kappa shape index (κ1) is 14.4. The van der Waals surface area contributed by atoms with Crippen LogP contribution in [0.1, 0.15) is 20.8 Å². The molecule has 2 atom stereocenters. The van der Waals surface area contributed by atoms with Crippen molar-refractivity contribution >= 4 is 5.97 Å². The fourth-order valence-corrected chi connectivity index (χ4v) is 2.14. The summed E-state index contributed by atoms with van der Waals surface area (Å²) in [4.78, 5) is 12.7. The molecule has 1 rings (SSSR count). The molecule has 0 radical (unpaired) electrons. The Kier molecular flexibility index (Phi) is 4.14. The topological polar surface area (TPSA) is 90.2 Å². The molecule has 1 fully saturated rings. The van der Waals surface area contributed by atoms with Crippen LogP contribution in [0.15, 0.2) is 0 Å². The van der Waals surface area contributed by atoms with Gasteiger partial charge in [0.1, 0.15) is 0 Å². The number of β-amino-alcohol motifs (C(OH)–C–C–N with tert-alkyl or cyclic N) is 1. The largest absolute Gasteiger partial charge is 0.479 e. The van der Waals surface area contributed by atoms with Crippen LogP contribution in [0.4, 0.5) is 0 Å². The third-order valence-corrected chi connectivity index (χ3v) is 2.75. The van der Waals surface area contributed by atoms with Crippen molar-refractivity contribution in [3.05, 3.63) is 0 Å². The highest BCUT2D eigenvalue weighted by molar-refractivity contribution is 5.76. The van der Waals surface area contributed by atoms with E-state index in [1.54, 1.807) is 4.90 Å². The highest BCUT2D eigenvalue weighted by Crippen LogP contribution is 2.22. The van der Waals surface area contributed by atoms with Gasteiger partial charge in [-0.3, -0.25) is 4.90 Å². The lowest BCUT2D eigenvalue weighted by molar-refractivity contribution is -0.173. The lowest BCUT2D eigenvalue weighted by Crippen LogP contribution is -2.58. The summed E-state index contributed by atoms with van der Waals surface area (Å²) in [6.45, 7) is 5.86. The van der Waals surface area contributed by atoms with Gasteiger partial charge in [-0.05, 0) is 20.8 Å². The number of carboxylic acid groups (broad SMARTS) is 1. The number of nitrogens with zero attached hydrogens (tertiary/aromatic N) is 1. The summed E-state index contributed by atoms with van der Waals surface area (Å²) < 4.78 is 5.61. The van der Waals surface area contributed by atoms with Crippen molar-refractivity contribution in [1.82, 2.24) is 4.90 Å². The molecule has 3 N–H and O–H groups in total. The summed E-state index contributed by atoms with van der Waals surface area (Å²) >= 11 is 0. The fraction of sp³-hybridized carbons (Fsp3) is 0.909. The SMILES string of the molecule is CC1(C)CN(CC(C)(O)C(=O)O)CC(CO)O1. The molecule has 1 saturated heterocycles. The lowest BCUT2D eigenvalue weighted by Gasteiger charge is -2.43. The zero-order chi connectivity index (χ0) is 13.3. The molecule has 100 valence electrons. The molecule has 0 aromatic carbocycles. The Labute approximate surface area is 101 Å². The lowest BCUT2D eigenvalue weighted by atomic mass is 10.0. The van der Waals surface area contributed by atoms with Gasteiger partial charge in [0.25, 0.3) is 0 Å². The maximum Gasteiger partial charge on any atom is 0.336 e. The number of rotatable bonds is 4. The Morgan fingerprint density at radius 3 is 2.65 bits per heavy atom. The number of hydrogen-bond donors (Lipinski definition) is 3. The van der Waals surface area contributed by atoms with Crippen LogP contribution in [0.25, 0.3) is 0 Å². The third kappa shape index (κ3) is 3.92. The molecular formula is C11H21NO5. The average molecular weight is 247 g/mol. The first-order chi connectivity index (χ1) is 7.66. The average Bonchev–Trinajstić information content (AvgIpc) is 2.13. The Morgan fingerprint density at radius 1 is 1.59 bits per heavy atom. The number of morpholine rings is 1. The summed E-state index contributed by atoms with van der Waals surface area (Å²) in [5, 5.41) is 27.7. The van der Waals surface area contributed by atoms with E-state index in [2.05, 4.69) is 0 Å². The Bertz CT molecular complexity index is 290. The number of aliphatic hydroxyl groups excluding tert-OH is 1. The quantitative estimate of drug-likeness (QED) is 0.608. The van der Waals surface area contributed by atoms with Gasteiger partial charge in [-0.1, -0.05) is 0 Å². The number of aliphatic hydroxyl groups is 2. The van der Waals surface area contributed by atoms with Crippen LogP contribution in [-0.4, -0.2) is 69.7 Å². The van der Waals surface area contributed by atoms with E-state index in [0.29, 0.717) is 13.1 Å². The number of ether oxygens (including phenoxy) is 1. The van der Waals surface area contributed by atoms with Gasteiger partial charge in [0.05, 0.1) is 18.3 Å². The number of carboxylic acids is 1. The summed E-state index contributed by atoms with van der Waals surface area (Å²) in [5.74, 6) is -1.25. The Hall–Kier alpha value is -0.690. The standard InChI is InChI=1S/C11H21NO5/c1-10(2)6-12(4-8(5-13)17-10)7-11(3,16)9(14)15/h8,13,16H,4-7H2,1-3H3,(H,14,15). The smallest absolute Gasteiger partial charge is 0.336 e. The third-order valence-electron chi connectivity index (χ3n) is 2.75. The minimum atomic E-state index is -1.78. The van der Waals surface area contributed by atoms with Crippen molar-refractivity contribution in [2.24, 2.45) is 0 Å². The second kappa shape index (κ2) is 4.89. The van der Waals surface area contributed by atoms with E-state index in [4.69, 9.17) is 14.9 Å². The molecule has 0 bridgehead atoms. The molecule has 0 amide bonds. The van der Waals surface area contributed by atoms with Gasteiger partial charge in [-0.15, -0.1) is 0 Å². The van der Waals surface area contributed by atoms with Gasteiger partial charge >= 0.3 is 5.97 Å². The van der Waals surface area contributed by atoms with Crippen LogP contribution >= 0.6 is 0 Å². The molecule has 2 unspecified atom stereocenters. The maximum absolute atomic E-state index is 10.8. The molecule has 0 saturated carbocycles. The predicted octanol–water partition coefficient (Wildman–Crippen LogP) is -0.706. The Balaban J connectivity index is 2.68. The molecule has 0 aliphatic carbocycles. The first-order valence-corrected chi connectivity index (χ1v) is 5.63. The van der Waals surface area contributed by atoms with E-state index in [-0.39, 0.29) is 19.3 Å². The van der Waals surface area contributed by atoms with Gasteiger partial charge in [-0.25, -0.2) is 4.79 Å². The number of hydrogen-bond acceptors (Lipinski definition) is 5. The molecule has 17 heavy (non-hydrogen) atoms. The highest BCUT2D eigenvalue weighted by Gasteiger charge is 2.38. The van der Waals surface area contributed by atoms with E-state index in [9.17, 15) is 9.90 Å². The van der Waals surface area contributed by atoms with Crippen LogP contribution in [-0.2, 0) is 9.53 Å². The van der Waals surface area contributed by atoms with E-state index >= 15 is 0 Å².